The molecule has 3 N–H and O–H groups in total. The van der Waals surface area contributed by atoms with Crippen LogP contribution in [0.3, 0.4) is 0 Å². The molecular formula is C12H23ClN2O2. The summed E-state index contributed by atoms with van der Waals surface area (Å²) in [4.78, 5) is 11.9. The highest BCUT2D eigenvalue weighted by atomic mass is 35.5. The number of piperidine rings is 1. The number of amides is 1. The first kappa shape index (κ1) is 14.7. The molecule has 0 aromatic carbocycles. The molecule has 0 aromatic rings. The van der Waals surface area contributed by atoms with E-state index in [9.17, 15) is 9.90 Å². The average molecular weight is 263 g/mol. The van der Waals surface area contributed by atoms with Crippen LogP contribution in [0.15, 0.2) is 0 Å². The lowest BCUT2D eigenvalue weighted by atomic mass is 9.91. The maximum absolute atomic E-state index is 11.9. The molecule has 2 rings (SSSR count). The summed E-state index contributed by atoms with van der Waals surface area (Å²) in [6.07, 6.45) is 5.52. The van der Waals surface area contributed by atoms with Gasteiger partial charge in [-0.3, -0.25) is 4.79 Å². The predicted molar refractivity (Wildman–Crippen MR) is 69.2 cm³/mol. The highest BCUT2D eigenvalue weighted by Gasteiger charge is 2.26. The third-order valence-electron chi connectivity index (χ3n) is 3.66. The molecule has 0 aromatic heterocycles. The fourth-order valence-electron chi connectivity index (χ4n) is 2.69. The Morgan fingerprint density at radius 2 is 2.06 bits per heavy atom. The third kappa shape index (κ3) is 4.45. The maximum atomic E-state index is 11.9. The molecule has 100 valence electrons. The summed E-state index contributed by atoms with van der Waals surface area (Å²) >= 11 is 0. The molecule has 1 aliphatic carbocycles. The largest absolute Gasteiger partial charge is 0.393 e. The number of carbonyl (C=O) groups excluding carboxylic acids is 1. The van der Waals surface area contributed by atoms with Crippen LogP contribution in [-0.2, 0) is 4.79 Å². The van der Waals surface area contributed by atoms with Crippen molar-refractivity contribution < 1.29 is 9.90 Å². The molecule has 17 heavy (non-hydrogen) atoms. The van der Waals surface area contributed by atoms with Crippen molar-refractivity contribution in [2.75, 3.05) is 13.1 Å². The fraction of sp³-hybridized carbons (Fsp3) is 0.917. The lowest BCUT2D eigenvalue weighted by Crippen LogP contribution is -2.46. The van der Waals surface area contributed by atoms with Crippen molar-refractivity contribution in [3.63, 3.8) is 0 Å². The van der Waals surface area contributed by atoms with Crippen molar-refractivity contribution in [1.82, 2.24) is 10.6 Å². The van der Waals surface area contributed by atoms with Crippen LogP contribution in [0.4, 0.5) is 0 Å². The van der Waals surface area contributed by atoms with Gasteiger partial charge in [0, 0.05) is 12.6 Å². The first-order valence-electron chi connectivity index (χ1n) is 6.45. The molecular weight excluding hydrogens is 240 g/mol. The molecule has 1 amide bonds. The van der Waals surface area contributed by atoms with E-state index in [0.29, 0.717) is 0 Å². The predicted octanol–water partition coefficient (Wildman–Crippen LogP) is 0.827. The molecule has 1 heterocycles. The lowest BCUT2D eigenvalue weighted by Gasteiger charge is -2.29. The van der Waals surface area contributed by atoms with E-state index in [4.69, 9.17) is 0 Å². The number of rotatable bonds is 2. The second-order valence-corrected chi connectivity index (χ2v) is 5.07. The van der Waals surface area contributed by atoms with E-state index in [2.05, 4.69) is 10.6 Å². The third-order valence-corrected chi connectivity index (χ3v) is 3.66. The van der Waals surface area contributed by atoms with E-state index in [1.807, 2.05) is 0 Å². The Balaban J connectivity index is 0.00000144. The molecule has 0 bridgehead atoms. The Hall–Kier alpha value is -0.320. The van der Waals surface area contributed by atoms with Gasteiger partial charge in [-0.05, 0) is 45.1 Å². The second kappa shape index (κ2) is 7.19. The minimum atomic E-state index is -0.219. The number of halogens is 1. The van der Waals surface area contributed by atoms with Crippen LogP contribution in [0.5, 0.6) is 0 Å². The Kier molecular flexibility index (Phi) is 6.23. The van der Waals surface area contributed by atoms with E-state index in [1.165, 1.54) is 0 Å². The van der Waals surface area contributed by atoms with Crippen molar-refractivity contribution >= 4 is 18.3 Å². The van der Waals surface area contributed by atoms with Gasteiger partial charge in [-0.2, -0.15) is 0 Å². The van der Waals surface area contributed by atoms with Crippen molar-refractivity contribution in [3.05, 3.63) is 0 Å². The standard InChI is InChI=1S/C12H22N2O2.ClH/c15-11-5-1-4-10(7-11)14-12(16)9-3-2-6-13-8-9;/h9-11,13,15H,1-8H2,(H,14,16);1H. The van der Waals surface area contributed by atoms with Crippen molar-refractivity contribution in [2.24, 2.45) is 5.92 Å². The van der Waals surface area contributed by atoms with Gasteiger partial charge in [0.15, 0.2) is 0 Å². The van der Waals surface area contributed by atoms with Crippen LogP contribution in [-0.4, -0.2) is 36.2 Å². The number of aliphatic hydroxyl groups excluding tert-OH is 1. The molecule has 4 nitrogen and oxygen atoms in total. The zero-order valence-electron chi connectivity index (χ0n) is 10.2. The van der Waals surface area contributed by atoms with E-state index in [0.717, 1.165) is 51.6 Å². The van der Waals surface area contributed by atoms with Gasteiger partial charge in [-0.15, -0.1) is 12.4 Å². The van der Waals surface area contributed by atoms with E-state index in [-0.39, 0.29) is 36.4 Å². The summed E-state index contributed by atoms with van der Waals surface area (Å²) < 4.78 is 0. The molecule has 5 heteroatoms. The summed E-state index contributed by atoms with van der Waals surface area (Å²) in [5.41, 5.74) is 0. The summed E-state index contributed by atoms with van der Waals surface area (Å²) in [7, 11) is 0. The Labute approximate surface area is 109 Å². The van der Waals surface area contributed by atoms with E-state index >= 15 is 0 Å². The highest BCUT2D eigenvalue weighted by molar-refractivity contribution is 5.85. The Bertz CT molecular complexity index is 245. The number of hydrogen-bond acceptors (Lipinski definition) is 3. The fourth-order valence-corrected chi connectivity index (χ4v) is 2.69. The van der Waals surface area contributed by atoms with Crippen LogP contribution in [0.2, 0.25) is 0 Å². The SMILES string of the molecule is Cl.O=C(NC1CCCC(O)C1)C1CCCNC1. The number of carbonyl (C=O) groups is 1. The summed E-state index contributed by atoms with van der Waals surface area (Å²) in [6, 6.07) is 0.193. The molecule has 3 atom stereocenters. The summed E-state index contributed by atoms with van der Waals surface area (Å²) in [5, 5.41) is 15.9. The molecule has 1 saturated carbocycles. The van der Waals surface area contributed by atoms with Gasteiger partial charge in [0.1, 0.15) is 0 Å². The van der Waals surface area contributed by atoms with Gasteiger partial charge in [-0.25, -0.2) is 0 Å². The van der Waals surface area contributed by atoms with Crippen LogP contribution < -0.4 is 10.6 Å². The Morgan fingerprint density at radius 1 is 1.24 bits per heavy atom. The van der Waals surface area contributed by atoms with Gasteiger partial charge in [0.2, 0.25) is 5.91 Å². The quantitative estimate of drug-likeness (QED) is 0.691. The van der Waals surface area contributed by atoms with Crippen molar-refractivity contribution in [1.29, 1.82) is 0 Å². The molecule has 2 fully saturated rings. The Morgan fingerprint density at radius 3 is 2.71 bits per heavy atom. The van der Waals surface area contributed by atoms with E-state index in [1.54, 1.807) is 0 Å². The second-order valence-electron chi connectivity index (χ2n) is 5.07. The zero-order chi connectivity index (χ0) is 11.4. The molecule has 0 radical (unpaired) electrons. The van der Waals surface area contributed by atoms with Crippen LogP contribution in [0.1, 0.15) is 38.5 Å². The first-order valence-corrected chi connectivity index (χ1v) is 6.45. The van der Waals surface area contributed by atoms with E-state index < -0.39 is 0 Å². The smallest absolute Gasteiger partial charge is 0.224 e. The number of hydrogen-bond donors (Lipinski definition) is 3. The molecule has 1 aliphatic heterocycles. The molecule has 0 spiro atoms. The highest BCUT2D eigenvalue weighted by Crippen LogP contribution is 2.19. The van der Waals surface area contributed by atoms with Crippen LogP contribution >= 0.6 is 12.4 Å². The van der Waals surface area contributed by atoms with Gasteiger partial charge >= 0.3 is 0 Å². The average Bonchev–Trinajstić information content (AvgIpc) is 2.30. The monoisotopic (exact) mass is 262 g/mol. The topological polar surface area (TPSA) is 61.4 Å². The van der Waals surface area contributed by atoms with Crippen molar-refractivity contribution in [2.45, 2.75) is 50.7 Å². The van der Waals surface area contributed by atoms with Crippen LogP contribution in [0, 0.1) is 5.92 Å². The number of nitrogens with one attached hydrogen (secondary N) is 2. The summed E-state index contributed by atoms with van der Waals surface area (Å²) in [5.74, 6) is 0.305. The molecule has 1 saturated heterocycles. The minimum absolute atomic E-state index is 0. The van der Waals surface area contributed by atoms with Gasteiger partial charge in [0.05, 0.1) is 12.0 Å². The minimum Gasteiger partial charge on any atom is -0.393 e. The number of aliphatic hydroxyl groups is 1. The maximum Gasteiger partial charge on any atom is 0.224 e. The lowest BCUT2D eigenvalue weighted by molar-refractivity contribution is -0.126. The van der Waals surface area contributed by atoms with Crippen LogP contribution in [0.25, 0.3) is 0 Å². The zero-order valence-corrected chi connectivity index (χ0v) is 11.0. The van der Waals surface area contributed by atoms with Gasteiger partial charge in [0.25, 0.3) is 0 Å². The molecule has 3 unspecified atom stereocenters. The summed E-state index contributed by atoms with van der Waals surface area (Å²) in [6.45, 7) is 1.84. The molecule has 2 aliphatic rings. The van der Waals surface area contributed by atoms with Gasteiger partial charge in [-0.1, -0.05) is 0 Å². The first-order chi connectivity index (χ1) is 7.75. The van der Waals surface area contributed by atoms with Crippen molar-refractivity contribution in [3.8, 4) is 0 Å². The normalized spacial score (nSPS) is 33.6. The van der Waals surface area contributed by atoms with Gasteiger partial charge < -0.3 is 15.7 Å².